The van der Waals surface area contributed by atoms with Crippen molar-refractivity contribution in [1.82, 2.24) is 0 Å². The Morgan fingerprint density at radius 1 is 1.45 bits per heavy atom. The summed E-state index contributed by atoms with van der Waals surface area (Å²) in [5, 5.41) is 20.6. The van der Waals surface area contributed by atoms with Gasteiger partial charge < -0.3 is 10.5 Å². The van der Waals surface area contributed by atoms with Crippen LogP contribution in [-0.4, -0.2) is 10.7 Å². The Morgan fingerprint density at radius 3 is 2.64 bits per heavy atom. The van der Waals surface area contributed by atoms with Crippen molar-refractivity contribution in [2.75, 3.05) is 0 Å². The van der Waals surface area contributed by atoms with Gasteiger partial charge in [0, 0.05) is 17.2 Å². The smallest absolute Gasteiger partial charge is 0.273 e. The molecule has 7 nitrogen and oxygen atoms in total. The molecule has 0 amide bonds. The minimum absolute atomic E-state index is 0.00917. The first-order valence-electron chi connectivity index (χ1n) is 6.41. The number of nitriles is 1. The number of allylic oxidation sites excluding steroid dienone is 3. The van der Waals surface area contributed by atoms with Gasteiger partial charge in [0.1, 0.15) is 17.4 Å². The van der Waals surface area contributed by atoms with Crippen molar-refractivity contribution in [1.29, 1.82) is 5.26 Å². The first-order chi connectivity index (χ1) is 10.4. The topological polar surface area (TPSA) is 119 Å². The number of ketones is 1. The zero-order valence-electron chi connectivity index (χ0n) is 12.0. The Kier molecular flexibility index (Phi) is 3.95. The summed E-state index contributed by atoms with van der Waals surface area (Å²) < 4.78 is 5.24. The van der Waals surface area contributed by atoms with E-state index in [1.54, 1.807) is 13.0 Å². The number of benzene rings is 1. The Balaban J connectivity index is 2.78. The van der Waals surface area contributed by atoms with Gasteiger partial charge in [0.15, 0.2) is 5.78 Å². The van der Waals surface area contributed by atoms with Gasteiger partial charge in [-0.25, -0.2) is 0 Å². The largest absolute Gasteiger partial charge is 0.445 e. The molecule has 2 N–H and O–H groups in total. The third-order valence-corrected chi connectivity index (χ3v) is 3.43. The number of nitrogens with two attached hydrogens (primary N) is 1. The molecule has 7 heteroatoms. The molecule has 0 bridgehead atoms. The number of nitro benzene ring substituents is 1. The Bertz CT molecular complexity index is 771. The number of hydrogen-bond acceptors (Lipinski definition) is 6. The van der Waals surface area contributed by atoms with Crippen molar-refractivity contribution >= 4 is 11.5 Å². The molecule has 112 valence electrons. The summed E-state index contributed by atoms with van der Waals surface area (Å²) in [5.74, 6) is -1.14. The maximum absolute atomic E-state index is 12.0. The predicted octanol–water partition coefficient (Wildman–Crippen LogP) is 2.27. The molecule has 1 aromatic carbocycles. The van der Waals surface area contributed by atoms with Crippen LogP contribution in [0.5, 0.6) is 0 Å². The maximum Gasteiger partial charge on any atom is 0.273 e. The van der Waals surface area contributed by atoms with E-state index >= 15 is 0 Å². The number of carbonyl (C=O) groups excluding carboxylic acids is 1. The van der Waals surface area contributed by atoms with Crippen molar-refractivity contribution in [3.63, 3.8) is 0 Å². The molecular weight excluding hydrogens is 286 g/mol. The zero-order chi connectivity index (χ0) is 16.4. The number of hydrogen-bond donors (Lipinski definition) is 1. The lowest BCUT2D eigenvalue weighted by Gasteiger charge is -2.26. The average Bonchev–Trinajstić information content (AvgIpc) is 2.45. The monoisotopic (exact) mass is 299 g/mol. The number of nitrogens with zero attached hydrogens (tertiary/aromatic N) is 2. The first kappa shape index (κ1) is 15.3. The highest BCUT2D eigenvalue weighted by molar-refractivity contribution is 5.97. The second-order valence-corrected chi connectivity index (χ2v) is 4.77. The van der Waals surface area contributed by atoms with Crippen LogP contribution in [0.15, 0.2) is 47.1 Å². The minimum atomic E-state index is -0.905. The number of ether oxygens (including phenoxy) is 1. The van der Waals surface area contributed by atoms with Crippen LogP contribution in [0.4, 0.5) is 5.69 Å². The highest BCUT2D eigenvalue weighted by Crippen LogP contribution is 2.42. The highest BCUT2D eigenvalue weighted by Gasteiger charge is 2.37. The summed E-state index contributed by atoms with van der Waals surface area (Å²) in [5.41, 5.74) is 5.96. The van der Waals surface area contributed by atoms with E-state index < -0.39 is 10.8 Å². The van der Waals surface area contributed by atoms with Crippen molar-refractivity contribution in [2.45, 2.75) is 19.8 Å². The Morgan fingerprint density at radius 2 is 2.09 bits per heavy atom. The molecular formula is C15H13N3O4. The summed E-state index contributed by atoms with van der Waals surface area (Å²) in [6, 6.07) is 7.85. The molecule has 0 unspecified atom stereocenters. The number of Topliss-reactive ketones (excluding diaryl/α,β-unsaturated/α-hetero) is 1. The van der Waals surface area contributed by atoms with Crippen LogP contribution in [0.3, 0.4) is 0 Å². The van der Waals surface area contributed by atoms with E-state index in [-0.39, 0.29) is 39.8 Å². The quantitative estimate of drug-likeness (QED) is 0.675. The summed E-state index contributed by atoms with van der Waals surface area (Å²) in [7, 11) is 0. The van der Waals surface area contributed by atoms with Gasteiger partial charge in [0.2, 0.25) is 5.88 Å². The van der Waals surface area contributed by atoms with Gasteiger partial charge in [-0.05, 0) is 13.8 Å². The summed E-state index contributed by atoms with van der Waals surface area (Å²) in [6.07, 6.45) is 0. The SMILES string of the molecule is CC(=O)C1=C(C)OC(N)=C(C#N)[C@H]1c1ccccc1[N+](=O)[O-]. The summed E-state index contributed by atoms with van der Waals surface area (Å²) in [6.45, 7) is 2.86. The van der Waals surface area contributed by atoms with Gasteiger partial charge >= 0.3 is 0 Å². The molecule has 1 aliphatic heterocycles. The third-order valence-electron chi connectivity index (χ3n) is 3.43. The lowest BCUT2D eigenvalue weighted by Crippen LogP contribution is -2.23. The van der Waals surface area contributed by atoms with E-state index in [0.29, 0.717) is 0 Å². The van der Waals surface area contributed by atoms with Crippen LogP contribution < -0.4 is 5.73 Å². The lowest BCUT2D eigenvalue weighted by molar-refractivity contribution is -0.385. The van der Waals surface area contributed by atoms with Crippen molar-refractivity contribution in [2.24, 2.45) is 5.73 Å². The number of rotatable bonds is 3. The van der Waals surface area contributed by atoms with Gasteiger partial charge in [0.05, 0.1) is 10.8 Å². The lowest BCUT2D eigenvalue weighted by atomic mass is 9.81. The van der Waals surface area contributed by atoms with Crippen LogP contribution in [0.2, 0.25) is 0 Å². The van der Waals surface area contributed by atoms with E-state index in [1.807, 2.05) is 6.07 Å². The fraction of sp³-hybridized carbons (Fsp3) is 0.200. The van der Waals surface area contributed by atoms with Gasteiger partial charge in [-0.2, -0.15) is 5.26 Å². The second-order valence-electron chi connectivity index (χ2n) is 4.77. The highest BCUT2D eigenvalue weighted by atomic mass is 16.6. The number of para-hydroxylation sites is 1. The third kappa shape index (κ3) is 2.42. The van der Waals surface area contributed by atoms with Crippen molar-refractivity contribution < 1.29 is 14.5 Å². The predicted molar refractivity (Wildman–Crippen MR) is 77.1 cm³/mol. The van der Waals surface area contributed by atoms with Crippen molar-refractivity contribution in [3.8, 4) is 6.07 Å². The molecule has 0 fully saturated rings. The molecule has 0 aromatic heterocycles. The van der Waals surface area contributed by atoms with E-state index in [1.165, 1.54) is 25.1 Å². The summed E-state index contributed by atoms with van der Waals surface area (Å²) >= 11 is 0. The first-order valence-corrected chi connectivity index (χ1v) is 6.41. The average molecular weight is 299 g/mol. The van der Waals surface area contributed by atoms with Crippen molar-refractivity contribution in [3.05, 3.63) is 62.7 Å². The molecule has 1 heterocycles. The van der Waals surface area contributed by atoms with E-state index in [0.717, 1.165) is 0 Å². The molecule has 1 aliphatic rings. The van der Waals surface area contributed by atoms with Gasteiger partial charge in [-0.3, -0.25) is 14.9 Å². The number of carbonyl (C=O) groups is 1. The minimum Gasteiger partial charge on any atom is -0.445 e. The standard InChI is InChI=1S/C15H13N3O4/c1-8(19)13-9(2)22-15(17)11(7-16)14(13)10-5-3-4-6-12(10)18(20)21/h3-6,14H,17H2,1-2H3/t14-/m1/s1. The second kappa shape index (κ2) is 5.69. The van der Waals surface area contributed by atoms with Crippen LogP contribution in [0, 0.1) is 21.4 Å². The fourth-order valence-corrected chi connectivity index (χ4v) is 2.54. The number of nitro groups is 1. The molecule has 2 rings (SSSR count). The van der Waals surface area contributed by atoms with Crippen LogP contribution in [0.25, 0.3) is 0 Å². The molecule has 0 saturated heterocycles. The van der Waals surface area contributed by atoms with Crippen LogP contribution in [-0.2, 0) is 9.53 Å². The Hall–Kier alpha value is -3.14. The molecule has 0 spiro atoms. The van der Waals surface area contributed by atoms with Crippen LogP contribution >= 0.6 is 0 Å². The molecule has 0 radical (unpaired) electrons. The summed E-state index contributed by atoms with van der Waals surface area (Å²) in [4.78, 5) is 22.7. The molecule has 0 saturated carbocycles. The van der Waals surface area contributed by atoms with Crippen LogP contribution in [0.1, 0.15) is 25.3 Å². The molecule has 0 aliphatic carbocycles. The van der Waals surface area contributed by atoms with Gasteiger partial charge in [-0.15, -0.1) is 0 Å². The van der Waals surface area contributed by atoms with Gasteiger partial charge in [0.25, 0.3) is 5.69 Å². The normalized spacial score (nSPS) is 17.8. The van der Waals surface area contributed by atoms with Gasteiger partial charge in [-0.1, -0.05) is 18.2 Å². The molecule has 1 atom stereocenters. The van der Waals surface area contributed by atoms with E-state index in [4.69, 9.17) is 10.5 Å². The molecule has 1 aromatic rings. The fourth-order valence-electron chi connectivity index (χ4n) is 2.54. The van der Waals surface area contributed by atoms with E-state index in [2.05, 4.69) is 0 Å². The van der Waals surface area contributed by atoms with E-state index in [9.17, 15) is 20.2 Å². The zero-order valence-corrected chi connectivity index (χ0v) is 12.0. The maximum atomic E-state index is 12.0. The molecule has 22 heavy (non-hydrogen) atoms. The Labute approximate surface area is 126 Å².